The van der Waals surface area contributed by atoms with E-state index in [2.05, 4.69) is 9.97 Å². The molecule has 28 heavy (non-hydrogen) atoms. The van der Waals surface area contributed by atoms with E-state index in [1.807, 2.05) is 54.3 Å². The van der Waals surface area contributed by atoms with Crippen LogP contribution in [0, 0.1) is 0 Å². The largest absolute Gasteiger partial charge is 0.329 e. The van der Waals surface area contributed by atoms with E-state index in [9.17, 15) is 9.59 Å². The number of pyridine rings is 2. The summed E-state index contributed by atoms with van der Waals surface area (Å²) >= 11 is 5.98. The summed E-state index contributed by atoms with van der Waals surface area (Å²) in [6.45, 7) is 1.98. The molecule has 1 aliphatic carbocycles. The lowest BCUT2D eigenvalue weighted by Crippen LogP contribution is -2.38. The third kappa shape index (κ3) is 3.71. The molecule has 4 rings (SSSR count). The maximum atomic E-state index is 13.2. The molecule has 1 N–H and O–H groups in total. The van der Waals surface area contributed by atoms with E-state index in [-0.39, 0.29) is 23.6 Å². The highest BCUT2D eigenvalue weighted by atomic mass is 35.5. The number of aromatic amines is 1. The first-order valence-corrected chi connectivity index (χ1v) is 9.65. The molecule has 1 unspecified atom stereocenters. The van der Waals surface area contributed by atoms with E-state index in [1.165, 1.54) is 0 Å². The predicted octanol–water partition coefficient (Wildman–Crippen LogP) is 4.46. The molecule has 6 heteroatoms. The Hall–Kier alpha value is -2.92. The van der Waals surface area contributed by atoms with E-state index in [4.69, 9.17) is 11.6 Å². The highest BCUT2D eigenvalue weighted by Gasteiger charge is 2.37. The summed E-state index contributed by atoms with van der Waals surface area (Å²) in [5.41, 5.74) is 1.98. The minimum atomic E-state index is -0.401. The molecule has 1 saturated carbocycles. The molecule has 2 heterocycles. The van der Waals surface area contributed by atoms with Crippen LogP contribution >= 0.6 is 11.6 Å². The monoisotopic (exact) mass is 393 g/mol. The number of amides is 1. The van der Waals surface area contributed by atoms with Gasteiger partial charge in [-0.05, 0) is 61.7 Å². The molecule has 0 bridgehead atoms. The van der Waals surface area contributed by atoms with Crippen LogP contribution in [0.25, 0.3) is 11.4 Å². The average molecular weight is 394 g/mol. The quantitative estimate of drug-likeness (QED) is 0.696. The Kier molecular flexibility index (Phi) is 5.01. The molecule has 0 aliphatic heterocycles. The van der Waals surface area contributed by atoms with E-state index in [0.29, 0.717) is 16.4 Å². The molecule has 1 aliphatic rings. The summed E-state index contributed by atoms with van der Waals surface area (Å²) in [6, 6.07) is 16.3. The normalized spacial score (nSPS) is 14.5. The van der Waals surface area contributed by atoms with Gasteiger partial charge in [0.05, 0.1) is 17.4 Å². The van der Waals surface area contributed by atoms with Gasteiger partial charge in [-0.2, -0.15) is 0 Å². The smallest absolute Gasteiger partial charge is 0.261 e. The van der Waals surface area contributed by atoms with Crippen molar-refractivity contribution in [2.45, 2.75) is 31.8 Å². The van der Waals surface area contributed by atoms with E-state index in [0.717, 1.165) is 18.4 Å². The van der Waals surface area contributed by atoms with Gasteiger partial charge in [0, 0.05) is 17.3 Å². The first kappa shape index (κ1) is 18.4. The van der Waals surface area contributed by atoms with Gasteiger partial charge in [0.25, 0.3) is 11.5 Å². The molecule has 1 aromatic carbocycles. The Labute approximate surface area is 168 Å². The highest BCUT2D eigenvalue weighted by Crippen LogP contribution is 2.35. The van der Waals surface area contributed by atoms with Crippen LogP contribution in [0.4, 0.5) is 0 Å². The van der Waals surface area contributed by atoms with Gasteiger partial charge in [-0.1, -0.05) is 29.8 Å². The molecule has 2 aromatic heterocycles. The van der Waals surface area contributed by atoms with Crippen LogP contribution < -0.4 is 5.56 Å². The van der Waals surface area contributed by atoms with E-state index < -0.39 is 5.56 Å². The van der Waals surface area contributed by atoms with Crippen molar-refractivity contribution < 1.29 is 4.79 Å². The van der Waals surface area contributed by atoms with Gasteiger partial charge in [0.2, 0.25) is 0 Å². The van der Waals surface area contributed by atoms with E-state index in [1.54, 1.807) is 18.3 Å². The Balaban J connectivity index is 1.64. The molecule has 1 fully saturated rings. The van der Waals surface area contributed by atoms with Crippen LogP contribution in [0.2, 0.25) is 5.02 Å². The van der Waals surface area contributed by atoms with E-state index >= 15 is 0 Å². The zero-order valence-electron chi connectivity index (χ0n) is 15.4. The first-order valence-electron chi connectivity index (χ1n) is 9.27. The topological polar surface area (TPSA) is 66.1 Å². The Bertz CT molecular complexity index is 1040. The summed E-state index contributed by atoms with van der Waals surface area (Å²) < 4.78 is 0. The van der Waals surface area contributed by atoms with Crippen molar-refractivity contribution in [3.63, 3.8) is 0 Å². The van der Waals surface area contributed by atoms with Crippen LogP contribution in [-0.2, 0) is 0 Å². The van der Waals surface area contributed by atoms with Crippen LogP contribution in [-0.4, -0.2) is 26.8 Å². The maximum Gasteiger partial charge on any atom is 0.261 e. The van der Waals surface area contributed by atoms with Crippen molar-refractivity contribution in [2.75, 3.05) is 0 Å². The van der Waals surface area contributed by atoms with Crippen molar-refractivity contribution in [3.8, 4) is 11.4 Å². The van der Waals surface area contributed by atoms with Gasteiger partial charge in [-0.25, -0.2) is 0 Å². The zero-order valence-corrected chi connectivity index (χ0v) is 16.2. The SMILES string of the molecule is CC(c1ccc(Cl)cc1)N(C(=O)c1ccc(-c2ccccn2)[nH]c1=O)C1CC1. The van der Waals surface area contributed by atoms with Crippen LogP contribution in [0.5, 0.6) is 0 Å². The maximum absolute atomic E-state index is 13.2. The van der Waals surface area contributed by atoms with Crippen LogP contribution in [0.1, 0.15) is 41.7 Å². The fraction of sp³-hybridized carbons (Fsp3) is 0.227. The van der Waals surface area contributed by atoms with Crippen molar-refractivity contribution in [3.05, 3.63) is 87.3 Å². The van der Waals surface area contributed by atoms with Crippen molar-refractivity contribution in [2.24, 2.45) is 0 Å². The standard InChI is InChI=1S/C22H20ClN3O2/c1-14(15-5-7-16(23)8-6-15)26(17-9-10-17)22(28)18-11-12-20(25-21(18)27)19-4-2-3-13-24-19/h2-8,11-14,17H,9-10H2,1H3,(H,25,27). The minimum Gasteiger partial charge on any atom is -0.329 e. The lowest BCUT2D eigenvalue weighted by Gasteiger charge is -2.29. The first-order chi connectivity index (χ1) is 13.5. The number of H-pyrrole nitrogens is 1. The molecule has 1 amide bonds. The summed E-state index contributed by atoms with van der Waals surface area (Å²) in [4.78, 5) is 34.7. The molecule has 0 radical (unpaired) electrons. The number of nitrogens with one attached hydrogen (secondary N) is 1. The molecular formula is C22H20ClN3O2. The molecule has 142 valence electrons. The van der Waals surface area contributed by atoms with Gasteiger partial charge >= 0.3 is 0 Å². The third-order valence-corrected chi connectivity index (χ3v) is 5.28. The molecule has 0 saturated heterocycles. The summed E-state index contributed by atoms with van der Waals surface area (Å²) in [6.07, 6.45) is 3.57. The Morgan fingerprint density at radius 1 is 1.14 bits per heavy atom. The van der Waals surface area contributed by atoms with Crippen LogP contribution in [0.3, 0.4) is 0 Å². The van der Waals surface area contributed by atoms with Crippen molar-refractivity contribution in [1.82, 2.24) is 14.9 Å². The highest BCUT2D eigenvalue weighted by molar-refractivity contribution is 6.30. The molecule has 1 atom stereocenters. The van der Waals surface area contributed by atoms with Crippen molar-refractivity contribution >= 4 is 17.5 Å². The van der Waals surface area contributed by atoms with Gasteiger partial charge in [-0.15, -0.1) is 0 Å². The zero-order chi connectivity index (χ0) is 19.7. The lowest BCUT2D eigenvalue weighted by atomic mass is 10.1. The average Bonchev–Trinajstić information content (AvgIpc) is 3.54. The molecule has 0 spiro atoms. The summed E-state index contributed by atoms with van der Waals surface area (Å²) in [7, 11) is 0. The van der Waals surface area contributed by atoms with Gasteiger partial charge in [-0.3, -0.25) is 14.6 Å². The number of rotatable bonds is 5. The Morgan fingerprint density at radius 3 is 2.50 bits per heavy atom. The fourth-order valence-electron chi connectivity index (χ4n) is 3.37. The number of nitrogens with zero attached hydrogens (tertiary/aromatic N) is 2. The predicted molar refractivity (Wildman–Crippen MR) is 109 cm³/mol. The van der Waals surface area contributed by atoms with Crippen LogP contribution in [0.15, 0.2) is 65.6 Å². The Morgan fingerprint density at radius 2 is 1.89 bits per heavy atom. The molecule has 3 aromatic rings. The van der Waals surface area contributed by atoms with Gasteiger partial charge < -0.3 is 9.88 Å². The number of hydrogen-bond donors (Lipinski definition) is 1. The molecular weight excluding hydrogens is 374 g/mol. The lowest BCUT2D eigenvalue weighted by molar-refractivity contribution is 0.0672. The second kappa shape index (κ2) is 7.60. The number of halogens is 1. The fourth-order valence-corrected chi connectivity index (χ4v) is 3.49. The third-order valence-electron chi connectivity index (χ3n) is 5.03. The second-order valence-electron chi connectivity index (χ2n) is 7.00. The number of hydrogen-bond acceptors (Lipinski definition) is 3. The summed E-state index contributed by atoms with van der Waals surface area (Å²) in [5.74, 6) is -0.251. The number of carbonyl (C=O) groups is 1. The second-order valence-corrected chi connectivity index (χ2v) is 7.44. The number of benzene rings is 1. The number of aromatic nitrogens is 2. The number of carbonyl (C=O) groups excluding carboxylic acids is 1. The van der Waals surface area contributed by atoms with Gasteiger partial charge in [0.1, 0.15) is 5.56 Å². The molecule has 5 nitrogen and oxygen atoms in total. The van der Waals surface area contributed by atoms with Gasteiger partial charge in [0.15, 0.2) is 0 Å². The summed E-state index contributed by atoms with van der Waals surface area (Å²) in [5, 5.41) is 0.654. The van der Waals surface area contributed by atoms with Crippen molar-refractivity contribution in [1.29, 1.82) is 0 Å². The minimum absolute atomic E-state index is 0.146.